The van der Waals surface area contributed by atoms with E-state index in [0.717, 1.165) is 0 Å². The lowest BCUT2D eigenvalue weighted by atomic mass is 10.2. The zero-order valence-electron chi connectivity index (χ0n) is 15.6. The van der Waals surface area contributed by atoms with Crippen LogP contribution in [0.4, 0.5) is 11.4 Å². The van der Waals surface area contributed by atoms with E-state index in [0.29, 0.717) is 5.56 Å². The van der Waals surface area contributed by atoms with E-state index in [1.807, 2.05) is 0 Å². The minimum Gasteiger partial charge on any atom is -0.456 e. The maximum Gasteiger partial charge on any atom is 0.307 e. The fourth-order valence-electron chi connectivity index (χ4n) is 2.34. The summed E-state index contributed by atoms with van der Waals surface area (Å²) in [6.07, 6.45) is -0.505. The number of esters is 1. The summed E-state index contributed by atoms with van der Waals surface area (Å²) in [5, 5.41) is 13.4. The number of nitro benzene ring substituents is 1. The molecule has 0 unspecified atom stereocenters. The van der Waals surface area contributed by atoms with E-state index in [9.17, 15) is 28.1 Å². The van der Waals surface area contributed by atoms with Gasteiger partial charge in [-0.2, -0.15) is 0 Å². The van der Waals surface area contributed by atoms with Crippen LogP contribution in [0.25, 0.3) is 0 Å². The highest BCUT2D eigenvalue weighted by Crippen LogP contribution is 2.26. The number of halogens is 2. The van der Waals surface area contributed by atoms with Gasteiger partial charge < -0.3 is 10.1 Å². The lowest BCUT2D eigenvalue weighted by molar-refractivity contribution is -0.385. The number of hydrogen-bond donors (Lipinski definition) is 1. The van der Waals surface area contributed by atoms with Gasteiger partial charge in [-0.15, -0.1) is 0 Å². The smallest absolute Gasteiger partial charge is 0.307 e. The number of rotatable bonds is 8. The standard InChI is InChI=1S/C18H16Cl2N2O7S/c1-11-2-4-13(9-15(11)22(25)26)21-17(23)10-29-18(24)6-7-30(27,28)16-8-12(19)3-5-14(16)20/h2-5,8-9H,6-7,10H2,1H3,(H,21,23). The summed E-state index contributed by atoms with van der Waals surface area (Å²) in [7, 11) is -3.89. The first-order valence-corrected chi connectivity index (χ1v) is 10.8. The van der Waals surface area contributed by atoms with Crippen molar-refractivity contribution in [2.75, 3.05) is 17.7 Å². The largest absolute Gasteiger partial charge is 0.456 e. The molecule has 30 heavy (non-hydrogen) atoms. The number of aryl methyl sites for hydroxylation is 1. The molecule has 0 aromatic heterocycles. The molecule has 1 N–H and O–H groups in total. The molecule has 160 valence electrons. The van der Waals surface area contributed by atoms with Crippen LogP contribution < -0.4 is 5.32 Å². The van der Waals surface area contributed by atoms with Crippen molar-refractivity contribution in [2.45, 2.75) is 18.2 Å². The van der Waals surface area contributed by atoms with Gasteiger partial charge in [-0.1, -0.05) is 29.3 Å². The predicted octanol–water partition coefficient (Wildman–Crippen LogP) is 3.56. The SMILES string of the molecule is Cc1ccc(NC(=O)COC(=O)CCS(=O)(=O)c2cc(Cl)ccc2Cl)cc1[N+](=O)[O-]. The molecule has 1 amide bonds. The van der Waals surface area contributed by atoms with Gasteiger partial charge in [0.15, 0.2) is 16.4 Å². The highest BCUT2D eigenvalue weighted by atomic mass is 35.5. The van der Waals surface area contributed by atoms with Crippen molar-refractivity contribution in [1.82, 2.24) is 0 Å². The van der Waals surface area contributed by atoms with Gasteiger partial charge in [0.25, 0.3) is 11.6 Å². The third kappa shape index (κ3) is 6.41. The molecule has 0 atom stereocenters. The summed E-state index contributed by atoms with van der Waals surface area (Å²) >= 11 is 11.6. The Hall–Kier alpha value is -2.69. The molecule has 2 aromatic rings. The third-order valence-corrected chi connectivity index (χ3v) is 6.28. The van der Waals surface area contributed by atoms with Crippen molar-refractivity contribution in [3.63, 3.8) is 0 Å². The van der Waals surface area contributed by atoms with E-state index >= 15 is 0 Å². The van der Waals surface area contributed by atoms with Crippen LogP contribution in [0.5, 0.6) is 0 Å². The van der Waals surface area contributed by atoms with Gasteiger partial charge in [0, 0.05) is 22.3 Å². The number of nitrogens with one attached hydrogen (secondary N) is 1. The van der Waals surface area contributed by atoms with Crippen molar-refractivity contribution in [2.24, 2.45) is 0 Å². The lowest BCUT2D eigenvalue weighted by Gasteiger charge is -2.09. The first kappa shape index (κ1) is 23.6. The highest BCUT2D eigenvalue weighted by Gasteiger charge is 2.21. The van der Waals surface area contributed by atoms with Crippen LogP contribution in [0.1, 0.15) is 12.0 Å². The first-order chi connectivity index (χ1) is 14.0. The molecule has 2 aromatic carbocycles. The van der Waals surface area contributed by atoms with Crippen LogP contribution in [0, 0.1) is 17.0 Å². The van der Waals surface area contributed by atoms with Crippen molar-refractivity contribution in [3.05, 3.63) is 62.1 Å². The maximum absolute atomic E-state index is 12.3. The second-order valence-electron chi connectivity index (χ2n) is 6.11. The molecular weight excluding hydrogens is 459 g/mol. The van der Waals surface area contributed by atoms with Crippen molar-refractivity contribution >= 4 is 56.3 Å². The van der Waals surface area contributed by atoms with E-state index in [1.165, 1.54) is 36.4 Å². The third-order valence-electron chi connectivity index (χ3n) is 3.86. The zero-order valence-corrected chi connectivity index (χ0v) is 17.9. The molecule has 0 aliphatic rings. The zero-order chi connectivity index (χ0) is 22.5. The molecule has 0 radical (unpaired) electrons. The molecule has 12 heteroatoms. The number of carbonyl (C=O) groups excluding carboxylic acids is 2. The molecule has 0 spiro atoms. The number of benzene rings is 2. The number of nitrogens with zero attached hydrogens (tertiary/aromatic N) is 1. The fraction of sp³-hybridized carbons (Fsp3) is 0.222. The quantitative estimate of drug-likeness (QED) is 0.351. The minimum atomic E-state index is -3.89. The predicted molar refractivity (Wildman–Crippen MR) is 111 cm³/mol. The average molecular weight is 475 g/mol. The van der Waals surface area contributed by atoms with Gasteiger partial charge in [0.05, 0.1) is 27.0 Å². The van der Waals surface area contributed by atoms with Crippen LogP contribution in [0.2, 0.25) is 10.0 Å². The minimum absolute atomic E-state index is 0.0284. The van der Waals surface area contributed by atoms with Crippen LogP contribution in [-0.2, 0) is 24.2 Å². The molecule has 0 heterocycles. The Labute approximate surface area is 182 Å². The molecule has 2 rings (SSSR count). The number of hydrogen-bond acceptors (Lipinski definition) is 7. The van der Waals surface area contributed by atoms with E-state index in [2.05, 4.69) is 5.32 Å². The van der Waals surface area contributed by atoms with Crippen molar-refractivity contribution < 1.29 is 27.7 Å². The van der Waals surface area contributed by atoms with E-state index in [4.69, 9.17) is 27.9 Å². The fourth-order valence-corrected chi connectivity index (χ4v) is 4.38. The second-order valence-corrected chi connectivity index (χ2v) is 9.03. The van der Waals surface area contributed by atoms with E-state index < -0.39 is 45.4 Å². The van der Waals surface area contributed by atoms with Crippen LogP contribution in [0.15, 0.2) is 41.3 Å². The van der Waals surface area contributed by atoms with Crippen molar-refractivity contribution in [1.29, 1.82) is 0 Å². The monoisotopic (exact) mass is 474 g/mol. The summed E-state index contributed by atoms with van der Waals surface area (Å²) in [6.45, 7) is 0.870. The molecule has 0 saturated heterocycles. The Balaban J connectivity index is 1.89. The van der Waals surface area contributed by atoms with E-state index in [1.54, 1.807) is 6.92 Å². The van der Waals surface area contributed by atoms with Crippen LogP contribution >= 0.6 is 23.2 Å². The lowest BCUT2D eigenvalue weighted by Crippen LogP contribution is -2.22. The Bertz CT molecular complexity index is 1100. The Morgan fingerprint density at radius 2 is 1.87 bits per heavy atom. The molecule has 0 aliphatic carbocycles. The summed E-state index contributed by atoms with van der Waals surface area (Å²) in [5.41, 5.74) is 0.409. The molecule has 0 aliphatic heterocycles. The molecular formula is C18H16Cl2N2O7S. The van der Waals surface area contributed by atoms with Gasteiger partial charge in [0.2, 0.25) is 0 Å². The van der Waals surface area contributed by atoms with Gasteiger partial charge in [-0.25, -0.2) is 8.42 Å². The normalized spacial score (nSPS) is 11.0. The van der Waals surface area contributed by atoms with Crippen LogP contribution in [0.3, 0.4) is 0 Å². The van der Waals surface area contributed by atoms with Gasteiger partial charge in [-0.05, 0) is 31.2 Å². The van der Waals surface area contributed by atoms with Gasteiger partial charge in [-0.3, -0.25) is 19.7 Å². The summed E-state index contributed by atoms with van der Waals surface area (Å²) in [6, 6.07) is 8.04. The summed E-state index contributed by atoms with van der Waals surface area (Å²) in [4.78, 5) is 33.8. The number of amides is 1. The number of nitro groups is 1. The van der Waals surface area contributed by atoms with E-state index in [-0.39, 0.29) is 26.3 Å². The maximum atomic E-state index is 12.3. The molecule has 0 saturated carbocycles. The summed E-state index contributed by atoms with van der Waals surface area (Å²) < 4.78 is 29.4. The Kier molecular flexibility index (Phi) is 7.77. The second kappa shape index (κ2) is 9.88. The number of sulfone groups is 1. The first-order valence-electron chi connectivity index (χ1n) is 8.38. The number of carbonyl (C=O) groups is 2. The van der Waals surface area contributed by atoms with Gasteiger partial charge >= 0.3 is 5.97 Å². The average Bonchev–Trinajstić information content (AvgIpc) is 2.68. The van der Waals surface area contributed by atoms with Crippen LogP contribution in [-0.4, -0.2) is 37.6 Å². The van der Waals surface area contributed by atoms with Gasteiger partial charge in [0.1, 0.15) is 0 Å². The molecule has 9 nitrogen and oxygen atoms in total. The number of anilines is 1. The number of ether oxygens (including phenoxy) is 1. The molecule has 0 fully saturated rings. The topological polar surface area (TPSA) is 133 Å². The Morgan fingerprint density at radius 1 is 1.17 bits per heavy atom. The molecule has 0 bridgehead atoms. The summed E-state index contributed by atoms with van der Waals surface area (Å²) in [5.74, 6) is -2.23. The highest BCUT2D eigenvalue weighted by molar-refractivity contribution is 7.91. The van der Waals surface area contributed by atoms with Crippen molar-refractivity contribution in [3.8, 4) is 0 Å². The Morgan fingerprint density at radius 3 is 2.53 bits per heavy atom.